The summed E-state index contributed by atoms with van der Waals surface area (Å²) in [7, 11) is 0. The molecular weight excluding hydrogens is 240 g/mol. The Bertz CT molecular complexity index is 568. The zero-order valence-corrected chi connectivity index (χ0v) is 11.7. The summed E-state index contributed by atoms with van der Waals surface area (Å²) in [4.78, 5) is 8.30. The molecule has 0 aliphatic heterocycles. The van der Waals surface area contributed by atoms with Crippen molar-refractivity contribution in [2.45, 2.75) is 33.8 Å². The Morgan fingerprint density at radius 3 is 2.37 bits per heavy atom. The molecule has 0 amide bonds. The second-order valence-corrected chi connectivity index (χ2v) is 4.64. The number of hydrogen-bond acceptors (Lipinski definition) is 4. The van der Waals surface area contributed by atoms with E-state index in [0.29, 0.717) is 11.8 Å². The normalized spacial score (nSPS) is 10.6. The molecule has 4 nitrogen and oxygen atoms in total. The van der Waals surface area contributed by atoms with Crippen molar-refractivity contribution in [2.24, 2.45) is 0 Å². The molecule has 0 N–H and O–H groups in total. The highest BCUT2D eigenvalue weighted by Crippen LogP contribution is 2.29. The molecule has 19 heavy (non-hydrogen) atoms. The third-order valence-corrected chi connectivity index (χ3v) is 2.64. The first-order valence-corrected chi connectivity index (χ1v) is 6.29. The fraction of sp³-hybridized carbons (Fsp3) is 0.333. The number of benzene rings is 1. The van der Waals surface area contributed by atoms with Crippen LogP contribution in [-0.2, 0) is 0 Å². The van der Waals surface area contributed by atoms with Crippen molar-refractivity contribution < 1.29 is 9.47 Å². The molecule has 1 aromatic carbocycles. The predicted octanol–water partition coefficient (Wildman–Crippen LogP) is 3.67. The molecule has 0 saturated heterocycles. The van der Waals surface area contributed by atoms with Crippen LogP contribution in [0.2, 0.25) is 0 Å². The van der Waals surface area contributed by atoms with Crippen LogP contribution in [0.1, 0.15) is 25.0 Å². The fourth-order valence-corrected chi connectivity index (χ4v) is 1.64. The summed E-state index contributed by atoms with van der Waals surface area (Å²) in [5.74, 6) is 1.88. The lowest BCUT2D eigenvalue weighted by atomic mass is 10.2. The third-order valence-electron chi connectivity index (χ3n) is 2.64. The minimum Gasteiger partial charge on any atom is -0.475 e. The van der Waals surface area contributed by atoms with Gasteiger partial charge in [-0.15, -0.1) is 0 Å². The van der Waals surface area contributed by atoms with E-state index in [0.717, 1.165) is 16.9 Å². The lowest BCUT2D eigenvalue weighted by molar-refractivity contribution is 0.229. The summed E-state index contributed by atoms with van der Waals surface area (Å²) >= 11 is 0. The minimum atomic E-state index is 0.0694. The summed E-state index contributed by atoms with van der Waals surface area (Å²) in [5.41, 5.74) is 1.87. The predicted molar refractivity (Wildman–Crippen MR) is 73.8 cm³/mol. The van der Waals surface area contributed by atoms with Crippen molar-refractivity contribution in [3.8, 4) is 17.5 Å². The molecule has 0 unspecified atom stereocenters. The summed E-state index contributed by atoms with van der Waals surface area (Å²) in [6.45, 7) is 7.82. The van der Waals surface area contributed by atoms with E-state index in [-0.39, 0.29) is 6.10 Å². The topological polar surface area (TPSA) is 44.2 Å². The van der Waals surface area contributed by atoms with E-state index >= 15 is 0 Å². The van der Waals surface area contributed by atoms with Gasteiger partial charge >= 0.3 is 0 Å². The minimum absolute atomic E-state index is 0.0694. The van der Waals surface area contributed by atoms with Crippen LogP contribution in [0.3, 0.4) is 0 Å². The number of aryl methyl sites for hydroxylation is 1. The maximum Gasteiger partial charge on any atom is 0.229 e. The number of rotatable bonds is 4. The van der Waals surface area contributed by atoms with Crippen LogP contribution in [0.5, 0.6) is 17.5 Å². The molecule has 0 aliphatic rings. The van der Waals surface area contributed by atoms with Gasteiger partial charge in [0.15, 0.2) is 0 Å². The molecular formula is C15H18N2O2. The van der Waals surface area contributed by atoms with Crippen molar-refractivity contribution in [1.29, 1.82) is 0 Å². The third kappa shape index (κ3) is 3.22. The van der Waals surface area contributed by atoms with Gasteiger partial charge in [0.25, 0.3) is 0 Å². The molecule has 0 atom stereocenters. The van der Waals surface area contributed by atoms with Gasteiger partial charge in [0, 0.05) is 0 Å². The van der Waals surface area contributed by atoms with E-state index in [2.05, 4.69) is 9.97 Å². The fourth-order valence-electron chi connectivity index (χ4n) is 1.64. The molecule has 0 aliphatic carbocycles. The van der Waals surface area contributed by atoms with Crippen LogP contribution in [0, 0.1) is 13.8 Å². The van der Waals surface area contributed by atoms with Gasteiger partial charge in [-0.1, -0.05) is 18.2 Å². The maximum absolute atomic E-state index is 5.83. The Labute approximate surface area is 113 Å². The molecule has 0 fully saturated rings. The largest absolute Gasteiger partial charge is 0.475 e. The zero-order chi connectivity index (χ0) is 13.8. The molecule has 1 heterocycles. The van der Waals surface area contributed by atoms with Crippen molar-refractivity contribution in [3.05, 3.63) is 41.7 Å². The molecule has 4 heteroatoms. The maximum atomic E-state index is 5.83. The summed E-state index contributed by atoms with van der Waals surface area (Å²) < 4.78 is 11.5. The molecule has 0 radical (unpaired) electrons. The van der Waals surface area contributed by atoms with Gasteiger partial charge < -0.3 is 9.47 Å². The number of aromatic nitrogens is 2. The van der Waals surface area contributed by atoms with Gasteiger partial charge in [-0.2, -0.15) is 0 Å². The van der Waals surface area contributed by atoms with Crippen LogP contribution in [-0.4, -0.2) is 16.1 Å². The van der Waals surface area contributed by atoms with Gasteiger partial charge in [-0.25, -0.2) is 9.97 Å². The van der Waals surface area contributed by atoms with Crippen LogP contribution in [0.4, 0.5) is 0 Å². The Morgan fingerprint density at radius 2 is 1.68 bits per heavy atom. The molecule has 0 spiro atoms. The van der Waals surface area contributed by atoms with Crippen molar-refractivity contribution in [2.75, 3.05) is 0 Å². The highest BCUT2D eigenvalue weighted by Gasteiger charge is 2.12. The first-order valence-electron chi connectivity index (χ1n) is 6.29. The first kappa shape index (κ1) is 13.3. The highest BCUT2D eigenvalue weighted by molar-refractivity contribution is 5.39. The van der Waals surface area contributed by atoms with Crippen LogP contribution in [0.15, 0.2) is 30.6 Å². The van der Waals surface area contributed by atoms with Gasteiger partial charge in [-0.3, -0.25) is 0 Å². The van der Waals surface area contributed by atoms with E-state index in [9.17, 15) is 0 Å². The van der Waals surface area contributed by atoms with E-state index in [1.807, 2.05) is 52.0 Å². The smallest absolute Gasteiger partial charge is 0.229 e. The summed E-state index contributed by atoms with van der Waals surface area (Å²) in [6, 6.07) is 7.82. The molecule has 1 aromatic heterocycles. The number of para-hydroxylation sites is 1. The van der Waals surface area contributed by atoms with E-state index in [1.54, 1.807) is 0 Å². The van der Waals surface area contributed by atoms with Crippen LogP contribution >= 0.6 is 0 Å². The summed E-state index contributed by atoms with van der Waals surface area (Å²) in [6.07, 6.45) is 1.53. The first-order chi connectivity index (χ1) is 9.08. The molecule has 0 bridgehead atoms. The highest BCUT2D eigenvalue weighted by atomic mass is 16.5. The van der Waals surface area contributed by atoms with Crippen LogP contribution in [0.25, 0.3) is 0 Å². The van der Waals surface area contributed by atoms with Crippen molar-refractivity contribution in [1.82, 2.24) is 9.97 Å². The summed E-state index contributed by atoms with van der Waals surface area (Å²) in [5, 5.41) is 0. The van der Waals surface area contributed by atoms with Crippen molar-refractivity contribution in [3.63, 3.8) is 0 Å². The zero-order valence-electron chi connectivity index (χ0n) is 11.7. The Kier molecular flexibility index (Phi) is 4.00. The van der Waals surface area contributed by atoms with Gasteiger partial charge in [-0.05, 0) is 39.3 Å². The molecule has 100 valence electrons. The molecule has 0 saturated carbocycles. The Hall–Kier alpha value is -2.10. The lowest BCUT2D eigenvalue weighted by Crippen LogP contribution is -2.09. The quantitative estimate of drug-likeness (QED) is 0.839. The Morgan fingerprint density at radius 1 is 1.00 bits per heavy atom. The van der Waals surface area contributed by atoms with Crippen molar-refractivity contribution >= 4 is 0 Å². The van der Waals surface area contributed by atoms with E-state index < -0.39 is 0 Å². The second-order valence-electron chi connectivity index (χ2n) is 4.64. The number of nitrogens with zero attached hydrogens (tertiary/aromatic N) is 2. The van der Waals surface area contributed by atoms with Crippen LogP contribution < -0.4 is 9.47 Å². The van der Waals surface area contributed by atoms with E-state index in [4.69, 9.17) is 9.47 Å². The van der Waals surface area contributed by atoms with E-state index in [1.165, 1.54) is 6.33 Å². The second kappa shape index (κ2) is 5.69. The standard InChI is InChI=1S/C15H18N2O2/c1-10(2)18-14-12(4)15(17-9-16-14)19-13-8-6-5-7-11(13)3/h5-10H,1-4H3. The number of hydrogen-bond donors (Lipinski definition) is 0. The monoisotopic (exact) mass is 258 g/mol. The number of ether oxygens (including phenoxy) is 2. The van der Waals surface area contributed by atoms with Gasteiger partial charge in [0.2, 0.25) is 11.8 Å². The molecule has 2 rings (SSSR count). The van der Waals surface area contributed by atoms with Gasteiger partial charge in [0.1, 0.15) is 12.1 Å². The SMILES string of the molecule is Cc1ccccc1Oc1ncnc(OC(C)C)c1C. The lowest BCUT2D eigenvalue weighted by Gasteiger charge is -2.14. The van der Waals surface area contributed by atoms with Gasteiger partial charge in [0.05, 0.1) is 11.7 Å². The molecule has 2 aromatic rings. The Balaban J connectivity index is 2.28. The average molecular weight is 258 g/mol. The average Bonchev–Trinajstić information content (AvgIpc) is 2.36.